The molecule has 110 valence electrons. The summed E-state index contributed by atoms with van der Waals surface area (Å²) in [5.74, 6) is -0.159. The molecule has 0 heterocycles. The van der Waals surface area contributed by atoms with E-state index in [2.05, 4.69) is 0 Å². The normalized spacial score (nSPS) is 12.0. The van der Waals surface area contributed by atoms with E-state index >= 15 is 0 Å². The van der Waals surface area contributed by atoms with Crippen molar-refractivity contribution in [2.24, 2.45) is 0 Å². The smallest absolute Gasteiger partial charge is 0.270 e. The number of rotatable bonds is 5. The monoisotopic (exact) mass is 327 g/mol. The molecule has 2 rings (SSSR count). The van der Waals surface area contributed by atoms with E-state index in [9.17, 15) is 19.4 Å². The minimum absolute atomic E-state index is 0.159. The van der Waals surface area contributed by atoms with Gasteiger partial charge in [0.1, 0.15) is 5.75 Å². The first-order valence-corrected chi connectivity index (χ1v) is 7.19. The second-order valence-corrected chi connectivity index (χ2v) is 5.63. The van der Waals surface area contributed by atoms with E-state index in [1.165, 1.54) is 18.2 Å². The lowest BCUT2D eigenvalue weighted by Gasteiger charge is -2.06. The molecule has 6 nitrogen and oxygen atoms in total. The highest BCUT2D eigenvalue weighted by molar-refractivity contribution is 7.80. The zero-order chi connectivity index (χ0) is 15.4. The highest BCUT2D eigenvalue weighted by Crippen LogP contribution is 2.24. The molecule has 0 aliphatic heterocycles. The number of nitro groups is 1. The van der Waals surface area contributed by atoms with Crippen LogP contribution in [0.15, 0.2) is 47.4 Å². The van der Waals surface area contributed by atoms with Gasteiger partial charge in [0.25, 0.3) is 5.69 Å². The first kappa shape index (κ1) is 15.4. The number of hydrogen-bond acceptors (Lipinski definition) is 5. The zero-order valence-electron chi connectivity index (χ0n) is 10.6. The summed E-state index contributed by atoms with van der Waals surface area (Å²) in [7, 11) is 0. The van der Waals surface area contributed by atoms with Gasteiger partial charge in [-0.1, -0.05) is 11.6 Å². The number of phenols is 1. The average Bonchev–Trinajstić information content (AvgIpc) is 2.46. The minimum atomic E-state index is -1.76. The van der Waals surface area contributed by atoms with Crippen molar-refractivity contribution in [3.05, 3.63) is 63.2 Å². The van der Waals surface area contributed by atoms with Crippen LogP contribution in [0.1, 0.15) is 5.56 Å². The molecule has 0 saturated heterocycles. The number of hydrogen-bond donors (Lipinski definition) is 1. The van der Waals surface area contributed by atoms with Gasteiger partial charge in [0.05, 0.1) is 16.4 Å². The van der Waals surface area contributed by atoms with Gasteiger partial charge in [0.2, 0.25) is 0 Å². The summed E-state index contributed by atoms with van der Waals surface area (Å²) in [4.78, 5) is 10.5. The topological polar surface area (TPSA) is 89.7 Å². The van der Waals surface area contributed by atoms with Crippen LogP contribution in [0.4, 0.5) is 5.69 Å². The molecule has 0 aliphatic carbocycles. The molecule has 0 fully saturated rings. The molecule has 1 N–H and O–H groups in total. The Morgan fingerprint density at radius 2 is 1.90 bits per heavy atom. The first-order valence-electron chi connectivity index (χ1n) is 5.74. The lowest BCUT2D eigenvalue weighted by molar-refractivity contribution is -0.385. The van der Waals surface area contributed by atoms with Crippen molar-refractivity contribution < 1.29 is 18.4 Å². The number of nitro benzene ring substituents is 1. The maximum atomic E-state index is 11.9. The molecule has 0 spiro atoms. The number of benzene rings is 2. The average molecular weight is 328 g/mol. The Hall–Kier alpha value is -1.96. The summed E-state index contributed by atoms with van der Waals surface area (Å²) in [5, 5.41) is 20.8. The van der Waals surface area contributed by atoms with E-state index in [1.807, 2.05) is 0 Å². The number of non-ortho nitro benzene ring substituents is 1. The van der Waals surface area contributed by atoms with Gasteiger partial charge >= 0.3 is 0 Å². The van der Waals surface area contributed by atoms with Crippen LogP contribution in [0, 0.1) is 10.1 Å². The minimum Gasteiger partial charge on any atom is -0.508 e. The van der Waals surface area contributed by atoms with Crippen LogP contribution in [0.3, 0.4) is 0 Å². The van der Waals surface area contributed by atoms with E-state index in [0.29, 0.717) is 9.92 Å². The highest BCUT2D eigenvalue weighted by atomic mass is 35.5. The summed E-state index contributed by atoms with van der Waals surface area (Å²) in [6.07, 6.45) is 0. The van der Waals surface area contributed by atoms with Gasteiger partial charge in [-0.05, 0) is 30.3 Å². The molecule has 2 aromatic rings. The molecule has 0 aromatic heterocycles. The fraction of sp³-hybridized carbons (Fsp3) is 0.0769. The molecule has 0 aliphatic rings. The molecule has 0 radical (unpaired) electrons. The van der Waals surface area contributed by atoms with Crippen LogP contribution in [0.5, 0.6) is 5.75 Å². The highest BCUT2D eigenvalue weighted by Gasteiger charge is 2.12. The van der Waals surface area contributed by atoms with E-state index in [1.54, 1.807) is 24.3 Å². The summed E-state index contributed by atoms with van der Waals surface area (Å²) in [6, 6.07) is 9.79. The lowest BCUT2D eigenvalue weighted by Crippen LogP contribution is -1.99. The third-order valence-corrected chi connectivity index (χ3v) is 3.84. The van der Waals surface area contributed by atoms with E-state index in [0.717, 1.165) is 0 Å². The van der Waals surface area contributed by atoms with Gasteiger partial charge in [0.15, 0.2) is 11.1 Å². The number of halogens is 1. The predicted molar refractivity (Wildman–Crippen MR) is 77.4 cm³/mol. The molecular formula is C13H10ClNO5S. The van der Waals surface area contributed by atoms with E-state index in [4.69, 9.17) is 15.8 Å². The Morgan fingerprint density at radius 1 is 1.24 bits per heavy atom. The number of nitrogens with zero attached hydrogens (tertiary/aromatic N) is 1. The van der Waals surface area contributed by atoms with Crippen LogP contribution in [-0.4, -0.2) is 14.2 Å². The maximum absolute atomic E-state index is 11.9. The van der Waals surface area contributed by atoms with Crippen LogP contribution >= 0.6 is 11.6 Å². The first-order chi connectivity index (χ1) is 9.97. The Labute approximate surface area is 127 Å². The van der Waals surface area contributed by atoms with Gasteiger partial charge < -0.3 is 5.11 Å². The molecule has 1 atom stereocenters. The fourth-order valence-electron chi connectivity index (χ4n) is 1.53. The van der Waals surface area contributed by atoms with Crippen molar-refractivity contribution in [1.82, 2.24) is 0 Å². The predicted octanol–water partition coefficient (Wildman–Crippen LogP) is 3.19. The maximum Gasteiger partial charge on any atom is 0.270 e. The van der Waals surface area contributed by atoms with Crippen LogP contribution < -0.4 is 0 Å². The third-order valence-electron chi connectivity index (χ3n) is 2.60. The molecule has 21 heavy (non-hydrogen) atoms. The lowest BCUT2D eigenvalue weighted by atomic mass is 10.2. The zero-order valence-corrected chi connectivity index (χ0v) is 12.1. The molecule has 8 heteroatoms. The van der Waals surface area contributed by atoms with Gasteiger partial charge in [-0.3, -0.25) is 14.3 Å². The van der Waals surface area contributed by atoms with Gasteiger partial charge in [-0.2, -0.15) is 0 Å². The second-order valence-electron chi connectivity index (χ2n) is 4.02. The summed E-state index contributed by atoms with van der Waals surface area (Å²) >= 11 is 3.96. The van der Waals surface area contributed by atoms with Crippen LogP contribution in [-0.2, 0) is 21.9 Å². The quantitative estimate of drug-likeness (QED) is 0.672. The SMILES string of the molecule is O=[N+]([O-])c1ccc(O)c(CO[S@](=O)c2ccc(Cl)cc2)c1. The Balaban J connectivity index is 2.09. The molecule has 0 unspecified atom stereocenters. The molecule has 0 saturated carbocycles. The van der Waals surface area contributed by atoms with Crippen LogP contribution in [0.25, 0.3) is 0 Å². The van der Waals surface area contributed by atoms with Crippen molar-refractivity contribution in [2.45, 2.75) is 11.5 Å². The number of aromatic hydroxyl groups is 1. The summed E-state index contributed by atoms with van der Waals surface area (Å²) < 4.78 is 17.0. The third kappa shape index (κ3) is 4.01. The van der Waals surface area contributed by atoms with Gasteiger partial charge in [-0.15, -0.1) is 0 Å². The molecule has 2 aromatic carbocycles. The van der Waals surface area contributed by atoms with Gasteiger partial charge in [-0.25, -0.2) is 4.21 Å². The Morgan fingerprint density at radius 3 is 2.52 bits per heavy atom. The van der Waals surface area contributed by atoms with Crippen LogP contribution in [0.2, 0.25) is 5.02 Å². The fourth-order valence-corrected chi connectivity index (χ4v) is 2.39. The van der Waals surface area contributed by atoms with Crippen molar-refractivity contribution >= 4 is 28.4 Å². The standard InChI is InChI=1S/C13H10ClNO5S/c14-10-1-4-12(5-2-10)21(19)20-8-9-7-11(15(17)18)3-6-13(9)16/h1-7,16H,8H2/t21-/m0/s1. The van der Waals surface area contributed by atoms with Crippen molar-refractivity contribution in [3.8, 4) is 5.75 Å². The largest absolute Gasteiger partial charge is 0.508 e. The van der Waals surface area contributed by atoms with Gasteiger partial charge in [0, 0.05) is 22.7 Å². The molecular weight excluding hydrogens is 318 g/mol. The summed E-state index contributed by atoms with van der Waals surface area (Å²) in [5.41, 5.74) is 0.00943. The van der Waals surface area contributed by atoms with E-state index < -0.39 is 16.0 Å². The summed E-state index contributed by atoms with van der Waals surface area (Å²) in [6.45, 7) is -0.219. The molecule has 0 bridgehead atoms. The van der Waals surface area contributed by atoms with Crippen molar-refractivity contribution in [3.63, 3.8) is 0 Å². The Kier molecular flexibility index (Phi) is 4.89. The van der Waals surface area contributed by atoms with E-state index in [-0.39, 0.29) is 23.6 Å². The van der Waals surface area contributed by atoms with Crippen molar-refractivity contribution in [1.29, 1.82) is 0 Å². The second kappa shape index (κ2) is 6.66. The molecule has 0 amide bonds. The van der Waals surface area contributed by atoms with Crippen molar-refractivity contribution in [2.75, 3.05) is 0 Å². The number of phenolic OH excluding ortho intramolecular Hbond substituents is 1. The Bertz CT molecular complexity index is 689.